The molecule has 1 atom stereocenters. The number of rotatable bonds is 4. The van der Waals surface area contributed by atoms with E-state index in [9.17, 15) is 0 Å². The van der Waals surface area contributed by atoms with Gasteiger partial charge in [0, 0.05) is 6.20 Å². The normalized spacial score (nSPS) is 18.6. The van der Waals surface area contributed by atoms with Gasteiger partial charge >= 0.3 is 0 Å². The third-order valence-corrected chi connectivity index (χ3v) is 4.83. The second-order valence-electron chi connectivity index (χ2n) is 6.14. The van der Waals surface area contributed by atoms with Crippen LogP contribution >= 0.6 is 34.8 Å². The Kier molecular flexibility index (Phi) is 4.53. The fraction of sp³-hybridized carbons (Fsp3) is 0.438. The highest BCUT2D eigenvalue weighted by atomic mass is 35.5. The van der Waals surface area contributed by atoms with Crippen LogP contribution in [0.1, 0.15) is 32.3 Å². The van der Waals surface area contributed by atoms with E-state index in [-0.39, 0.29) is 11.8 Å². The first-order valence-corrected chi connectivity index (χ1v) is 8.69. The van der Waals surface area contributed by atoms with Crippen LogP contribution in [0.5, 0.6) is 5.88 Å². The first kappa shape index (κ1) is 17.5. The molecule has 1 saturated heterocycles. The van der Waals surface area contributed by atoms with Crippen LogP contribution in [0.2, 0.25) is 15.1 Å². The van der Waals surface area contributed by atoms with Gasteiger partial charge in [-0.25, -0.2) is 15.0 Å². The molecule has 0 aromatic carbocycles. The third-order valence-electron chi connectivity index (χ3n) is 3.97. The van der Waals surface area contributed by atoms with Gasteiger partial charge in [-0.3, -0.25) is 0 Å². The smallest absolute Gasteiger partial charge is 0.234 e. The van der Waals surface area contributed by atoms with E-state index in [4.69, 9.17) is 39.5 Å². The van der Waals surface area contributed by atoms with E-state index in [1.807, 2.05) is 32.6 Å². The second-order valence-corrected chi connectivity index (χ2v) is 7.36. The number of pyridine rings is 1. The first-order valence-electron chi connectivity index (χ1n) is 7.55. The zero-order valence-electron chi connectivity index (χ0n) is 13.8. The summed E-state index contributed by atoms with van der Waals surface area (Å²) in [6, 6.07) is 1.60. The summed E-state index contributed by atoms with van der Waals surface area (Å²) in [4.78, 5) is 15.0. The monoisotopic (exact) mass is 386 g/mol. The Morgan fingerprint density at radius 3 is 2.58 bits per heavy atom. The van der Waals surface area contributed by atoms with Crippen molar-refractivity contribution in [1.29, 1.82) is 0 Å². The molecule has 2 aromatic heterocycles. The van der Waals surface area contributed by atoms with Crippen LogP contribution in [0.4, 0.5) is 5.82 Å². The van der Waals surface area contributed by atoms with E-state index >= 15 is 0 Å². The number of ether oxygens (including phenoxy) is 1. The maximum Gasteiger partial charge on any atom is 0.234 e. The molecule has 1 fully saturated rings. The predicted octanol–water partition coefficient (Wildman–Crippen LogP) is 4.71. The molecule has 8 heteroatoms. The van der Waals surface area contributed by atoms with Crippen molar-refractivity contribution in [2.45, 2.75) is 45.9 Å². The molecule has 24 heavy (non-hydrogen) atoms. The highest BCUT2D eigenvalue weighted by Gasteiger charge is 2.60. The molecule has 5 nitrogen and oxygen atoms in total. The molecule has 0 aliphatic carbocycles. The number of aryl methyl sites for hydroxylation is 2. The number of halogens is 3. The van der Waals surface area contributed by atoms with Gasteiger partial charge in [-0.05, 0) is 33.3 Å². The molecule has 0 radical (unpaired) electrons. The number of aromatic nitrogens is 3. The molecule has 0 spiro atoms. The number of anilines is 1. The highest BCUT2D eigenvalue weighted by Crippen LogP contribution is 2.48. The number of nitrogens with zero attached hydrogens (tertiary/aromatic N) is 4. The van der Waals surface area contributed by atoms with Crippen LogP contribution in [0.3, 0.4) is 0 Å². The fourth-order valence-electron chi connectivity index (χ4n) is 2.62. The van der Waals surface area contributed by atoms with Crippen LogP contribution in [-0.4, -0.2) is 26.7 Å². The fourth-order valence-corrected chi connectivity index (χ4v) is 3.35. The summed E-state index contributed by atoms with van der Waals surface area (Å²) in [5.41, 5.74) is 0.531. The summed E-state index contributed by atoms with van der Waals surface area (Å²) in [5, 5.41) is 1.38. The average Bonchev–Trinajstić information content (AvgIpc) is 3.04. The lowest BCUT2D eigenvalue weighted by atomic mass is 10.2. The van der Waals surface area contributed by atoms with Gasteiger partial charge in [0.2, 0.25) is 5.88 Å². The molecular weight excluding hydrogens is 371 g/mol. The lowest BCUT2D eigenvalue weighted by Gasteiger charge is -2.12. The summed E-state index contributed by atoms with van der Waals surface area (Å²) in [5.74, 6) is 1.68. The zero-order valence-corrected chi connectivity index (χ0v) is 16.0. The Morgan fingerprint density at radius 1 is 1.25 bits per heavy atom. The maximum absolute atomic E-state index is 6.48. The van der Waals surface area contributed by atoms with Crippen molar-refractivity contribution in [1.82, 2.24) is 15.0 Å². The number of hydrogen-bond acceptors (Lipinski definition) is 5. The standard InChI is InChI=1S/C16H17Cl3N4O/c1-5-11-12(19)13(22-8(2)21-11)23-15(16(23,3)4)24-14-10(18)6-9(17)7-20-14/h6-7,15H,5H2,1-4H3. The van der Waals surface area contributed by atoms with Crippen molar-refractivity contribution in [2.24, 2.45) is 0 Å². The van der Waals surface area contributed by atoms with Gasteiger partial charge in [-0.1, -0.05) is 41.7 Å². The largest absolute Gasteiger partial charge is 0.450 e. The molecular formula is C16H17Cl3N4O. The SMILES string of the molecule is CCc1nc(C)nc(N2C(Oc3ncc(Cl)cc3Cl)C2(C)C)c1Cl. The molecule has 3 rings (SSSR count). The molecule has 0 bridgehead atoms. The molecule has 0 saturated carbocycles. The van der Waals surface area contributed by atoms with Gasteiger partial charge in [0.1, 0.15) is 15.9 Å². The molecule has 0 N–H and O–H groups in total. The van der Waals surface area contributed by atoms with Gasteiger partial charge in [-0.2, -0.15) is 0 Å². The Bertz CT molecular complexity index is 797. The molecule has 1 aliphatic heterocycles. The maximum atomic E-state index is 6.48. The van der Waals surface area contributed by atoms with Crippen molar-refractivity contribution in [3.63, 3.8) is 0 Å². The zero-order chi connectivity index (χ0) is 17.6. The molecule has 3 heterocycles. The van der Waals surface area contributed by atoms with E-state index in [2.05, 4.69) is 15.0 Å². The Labute approximate surface area is 155 Å². The Hall–Kier alpha value is -1.30. The van der Waals surface area contributed by atoms with Crippen molar-refractivity contribution in [2.75, 3.05) is 4.90 Å². The van der Waals surface area contributed by atoms with E-state index < -0.39 is 0 Å². The van der Waals surface area contributed by atoms with Crippen molar-refractivity contribution < 1.29 is 4.74 Å². The van der Waals surface area contributed by atoms with Gasteiger partial charge in [-0.15, -0.1) is 0 Å². The van der Waals surface area contributed by atoms with Crippen molar-refractivity contribution in [3.8, 4) is 5.88 Å². The minimum atomic E-state index is -0.292. The van der Waals surface area contributed by atoms with E-state index in [1.165, 1.54) is 6.20 Å². The van der Waals surface area contributed by atoms with E-state index in [0.717, 1.165) is 12.1 Å². The van der Waals surface area contributed by atoms with Gasteiger partial charge in [0.05, 0.1) is 16.3 Å². The molecule has 0 amide bonds. The van der Waals surface area contributed by atoms with Gasteiger partial charge in [0.25, 0.3) is 0 Å². The van der Waals surface area contributed by atoms with E-state index in [0.29, 0.717) is 32.6 Å². The highest BCUT2D eigenvalue weighted by molar-refractivity contribution is 6.35. The Balaban J connectivity index is 1.92. The van der Waals surface area contributed by atoms with Crippen LogP contribution in [-0.2, 0) is 6.42 Å². The summed E-state index contributed by atoms with van der Waals surface area (Å²) in [7, 11) is 0. The molecule has 2 aromatic rings. The summed E-state index contributed by atoms with van der Waals surface area (Å²) < 4.78 is 5.97. The average molecular weight is 388 g/mol. The van der Waals surface area contributed by atoms with Crippen LogP contribution < -0.4 is 9.64 Å². The number of hydrogen-bond donors (Lipinski definition) is 0. The van der Waals surface area contributed by atoms with E-state index in [1.54, 1.807) is 6.07 Å². The predicted molar refractivity (Wildman–Crippen MR) is 96.4 cm³/mol. The molecule has 1 unspecified atom stereocenters. The summed E-state index contributed by atoms with van der Waals surface area (Å²) >= 11 is 18.5. The first-order chi connectivity index (χ1) is 11.3. The van der Waals surface area contributed by atoms with Crippen LogP contribution in [0, 0.1) is 6.92 Å². The van der Waals surface area contributed by atoms with Crippen LogP contribution in [0.25, 0.3) is 0 Å². The lowest BCUT2D eigenvalue weighted by Crippen LogP contribution is -2.11. The second kappa shape index (κ2) is 6.21. The molecule has 1 aliphatic rings. The lowest BCUT2D eigenvalue weighted by molar-refractivity contribution is 0.270. The van der Waals surface area contributed by atoms with Gasteiger partial charge in [0.15, 0.2) is 12.0 Å². The van der Waals surface area contributed by atoms with Gasteiger partial charge < -0.3 is 9.64 Å². The Morgan fingerprint density at radius 2 is 1.96 bits per heavy atom. The minimum absolute atomic E-state index is 0.278. The summed E-state index contributed by atoms with van der Waals surface area (Å²) in [6.07, 6.45) is 1.96. The summed E-state index contributed by atoms with van der Waals surface area (Å²) in [6.45, 7) is 7.95. The quantitative estimate of drug-likeness (QED) is 0.711. The van der Waals surface area contributed by atoms with Crippen LogP contribution in [0.15, 0.2) is 12.3 Å². The molecule has 128 valence electrons. The third kappa shape index (κ3) is 3.01. The topological polar surface area (TPSA) is 50.9 Å². The van der Waals surface area contributed by atoms with Crippen molar-refractivity contribution >= 4 is 40.6 Å². The minimum Gasteiger partial charge on any atom is -0.450 e. The van der Waals surface area contributed by atoms with Crippen molar-refractivity contribution in [3.05, 3.63) is 38.8 Å².